The van der Waals surface area contributed by atoms with E-state index in [-0.39, 0.29) is 22.6 Å². The molecule has 5 nitrogen and oxygen atoms in total. The molecule has 0 unspecified atom stereocenters. The van der Waals surface area contributed by atoms with Gasteiger partial charge in [-0.15, -0.1) is 0 Å². The summed E-state index contributed by atoms with van der Waals surface area (Å²) in [5, 5.41) is 0.881. The molecule has 0 bridgehead atoms. The number of allylic oxidation sites excluding steroid dienone is 2. The highest BCUT2D eigenvalue weighted by atomic mass is 16.5. The van der Waals surface area contributed by atoms with Crippen molar-refractivity contribution in [1.82, 2.24) is 4.57 Å². The Kier molecular flexibility index (Phi) is 4.09. The fourth-order valence-electron chi connectivity index (χ4n) is 5.05. The number of methoxy groups -OCH3 is 1. The largest absolute Gasteiger partial charge is 0.497 e. The van der Waals surface area contributed by atoms with Crippen molar-refractivity contribution in [3.05, 3.63) is 71.4 Å². The maximum absolute atomic E-state index is 13.2. The van der Waals surface area contributed by atoms with Crippen molar-refractivity contribution in [2.75, 3.05) is 14.2 Å². The Balaban J connectivity index is 1.55. The second-order valence-corrected chi connectivity index (χ2v) is 8.88. The lowest BCUT2D eigenvalue weighted by molar-refractivity contribution is -0.401. The van der Waals surface area contributed by atoms with Gasteiger partial charge in [-0.25, -0.2) is 0 Å². The van der Waals surface area contributed by atoms with E-state index in [0.717, 1.165) is 27.9 Å². The molecule has 0 spiro atoms. The molecule has 3 aromatic rings. The van der Waals surface area contributed by atoms with Crippen molar-refractivity contribution in [3.8, 4) is 5.75 Å². The van der Waals surface area contributed by atoms with Crippen LogP contribution in [0.25, 0.3) is 10.9 Å². The van der Waals surface area contributed by atoms with Gasteiger partial charge in [-0.1, -0.05) is 18.2 Å². The third-order valence-corrected chi connectivity index (χ3v) is 6.82. The molecule has 2 aliphatic rings. The molecule has 0 atom stereocenters. The molecule has 1 aromatic heterocycles. The summed E-state index contributed by atoms with van der Waals surface area (Å²) in [4.78, 5) is 26.4. The minimum Gasteiger partial charge on any atom is -0.497 e. The topological polar surface area (TPSA) is 51.3 Å². The molecule has 1 aliphatic carbocycles. The SMILES string of the molecule is COc1ccc2c(c1)c(C1C(=O)C(=CC3=[N+](C)c4ccccc4C3(C)C)C1=O)cn2C. The van der Waals surface area contributed by atoms with Crippen LogP contribution >= 0.6 is 0 Å². The Morgan fingerprint density at radius 1 is 1.10 bits per heavy atom. The Bertz CT molecular complexity index is 1340. The van der Waals surface area contributed by atoms with Crippen molar-refractivity contribution >= 4 is 33.9 Å². The Labute approximate surface area is 181 Å². The predicted molar refractivity (Wildman–Crippen MR) is 121 cm³/mol. The normalized spacial score (nSPS) is 19.6. The number of carbonyl (C=O) groups excluding carboxylic acids is 2. The Hall–Kier alpha value is -3.47. The summed E-state index contributed by atoms with van der Waals surface area (Å²) in [7, 11) is 5.52. The Morgan fingerprint density at radius 3 is 2.48 bits per heavy atom. The fraction of sp³-hybridized carbons (Fsp3) is 0.269. The lowest BCUT2D eigenvalue weighted by atomic mass is 9.71. The van der Waals surface area contributed by atoms with Gasteiger partial charge in [-0.05, 0) is 37.6 Å². The number of carbonyl (C=O) groups is 2. The predicted octanol–water partition coefficient (Wildman–Crippen LogP) is 4.05. The molecule has 1 aliphatic heterocycles. The van der Waals surface area contributed by atoms with Gasteiger partial charge >= 0.3 is 0 Å². The van der Waals surface area contributed by atoms with E-state index in [4.69, 9.17) is 4.74 Å². The molecule has 31 heavy (non-hydrogen) atoms. The van der Waals surface area contributed by atoms with Crippen LogP contribution in [0.3, 0.4) is 0 Å². The summed E-state index contributed by atoms with van der Waals surface area (Å²) < 4.78 is 9.38. The number of Topliss-reactive ketones (excluding diaryl/α,β-unsaturated/α-hetero) is 2. The minimum atomic E-state index is -0.750. The maximum Gasteiger partial charge on any atom is 0.209 e. The smallest absolute Gasteiger partial charge is 0.209 e. The first-order chi connectivity index (χ1) is 14.8. The van der Waals surface area contributed by atoms with E-state index in [2.05, 4.69) is 30.6 Å². The summed E-state index contributed by atoms with van der Waals surface area (Å²) in [5.74, 6) is -0.279. The number of para-hydroxylation sites is 1. The van der Waals surface area contributed by atoms with Gasteiger partial charge in [0, 0.05) is 41.9 Å². The lowest BCUT2D eigenvalue weighted by Crippen LogP contribution is -2.40. The average Bonchev–Trinajstić information content (AvgIpc) is 3.17. The first-order valence-corrected chi connectivity index (χ1v) is 10.4. The van der Waals surface area contributed by atoms with Crippen molar-refractivity contribution in [1.29, 1.82) is 0 Å². The van der Waals surface area contributed by atoms with E-state index in [0.29, 0.717) is 5.75 Å². The van der Waals surface area contributed by atoms with Gasteiger partial charge in [0.2, 0.25) is 5.69 Å². The summed E-state index contributed by atoms with van der Waals surface area (Å²) >= 11 is 0. The lowest BCUT2D eigenvalue weighted by Gasteiger charge is -2.26. The molecule has 0 N–H and O–H groups in total. The van der Waals surface area contributed by atoms with Gasteiger partial charge in [0.05, 0.1) is 18.1 Å². The zero-order valence-electron chi connectivity index (χ0n) is 18.4. The minimum absolute atomic E-state index is 0.118. The van der Waals surface area contributed by atoms with Crippen LogP contribution in [0, 0.1) is 0 Å². The highest BCUT2D eigenvalue weighted by molar-refractivity contribution is 6.43. The van der Waals surface area contributed by atoms with Crippen LogP contribution in [0.5, 0.6) is 5.75 Å². The van der Waals surface area contributed by atoms with Crippen LogP contribution in [0.1, 0.15) is 30.9 Å². The van der Waals surface area contributed by atoms with Gasteiger partial charge < -0.3 is 9.30 Å². The molecular weight excluding hydrogens is 388 g/mol. The van der Waals surface area contributed by atoms with Crippen LogP contribution in [0.2, 0.25) is 0 Å². The van der Waals surface area contributed by atoms with Crippen LogP contribution in [-0.2, 0) is 22.1 Å². The molecular formula is C26H25N2O3+. The third-order valence-electron chi connectivity index (χ3n) is 6.82. The molecule has 5 rings (SSSR count). The highest BCUT2D eigenvalue weighted by Gasteiger charge is 2.49. The van der Waals surface area contributed by atoms with E-state index in [1.807, 2.05) is 55.2 Å². The maximum atomic E-state index is 13.2. The van der Waals surface area contributed by atoms with Gasteiger partial charge in [0.15, 0.2) is 17.3 Å². The number of aryl methyl sites for hydroxylation is 1. The average molecular weight is 413 g/mol. The summed E-state index contributed by atoms with van der Waals surface area (Å²) in [6, 6.07) is 13.9. The van der Waals surface area contributed by atoms with Gasteiger partial charge in [-0.2, -0.15) is 4.58 Å². The highest BCUT2D eigenvalue weighted by Crippen LogP contribution is 2.43. The second-order valence-electron chi connectivity index (χ2n) is 8.88. The standard InChI is InChI=1S/C26H25N2O3/c1-26(2)19-8-6-7-9-21(19)28(4)22(26)13-17-24(29)23(25(17)30)18-14-27(3)20-11-10-15(31-5)12-16(18)20/h6-14,23H,1-5H3/q+1. The van der Waals surface area contributed by atoms with Crippen molar-refractivity contribution in [2.24, 2.45) is 7.05 Å². The van der Waals surface area contributed by atoms with Crippen LogP contribution in [0.4, 0.5) is 5.69 Å². The summed E-state index contributed by atoms with van der Waals surface area (Å²) in [6.07, 6.45) is 3.68. The Morgan fingerprint density at radius 2 is 1.81 bits per heavy atom. The quantitative estimate of drug-likeness (QED) is 0.282. The number of rotatable bonds is 3. The number of hydrogen-bond donors (Lipinski definition) is 0. The molecule has 2 aromatic carbocycles. The number of benzene rings is 2. The van der Waals surface area contributed by atoms with Crippen molar-refractivity contribution < 1.29 is 18.9 Å². The molecule has 5 heteroatoms. The van der Waals surface area contributed by atoms with Crippen molar-refractivity contribution in [3.63, 3.8) is 0 Å². The fourth-order valence-corrected chi connectivity index (χ4v) is 5.05. The van der Waals surface area contributed by atoms with Crippen LogP contribution < -0.4 is 4.74 Å². The number of fused-ring (bicyclic) bond motifs is 2. The van der Waals surface area contributed by atoms with E-state index in [1.54, 1.807) is 13.2 Å². The van der Waals surface area contributed by atoms with Crippen LogP contribution in [0.15, 0.2) is 60.3 Å². The molecule has 0 radical (unpaired) electrons. The zero-order chi connectivity index (χ0) is 22.1. The number of aromatic nitrogens is 1. The number of hydrogen-bond acceptors (Lipinski definition) is 3. The van der Waals surface area contributed by atoms with Gasteiger partial charge in [-0.3, -0.25) is 9.59 Å². The molecule has 0 saturated heterocycles. The van der Waals surface area contributed by atoms with E-state index < -0.39 is 5.92 Å². The van der Waals surface area contributed by atoms with E-state index in [1.165, 1.54) is 5.56 Å². The monoisotopic (exact) mass is 413 g/mol. The van der Waals surface area contributed by atoms with Crippen molar-refractivity contribution in [2.45, 2.75) is 25.2 Å². The molecule has 0 amide bonds. The molecule has 156 valence electrons. The van der Waals surface area contributed by atoms with Gasteiger partial charge in [0.1, 0.15) is 18.7 Å². The molecule has 1 saturated carbocycles. The summed E-state index contributed by atoms with van der Waals surface area (Å²) in [6.45, 7) is 4.26. The van der Waals surface area contributed by atoms with Gasteiger partial charge in [0.25, 0.3) is 0 Å². The summed E-state index contributed by atoms with van der Waals surface area (Å²) in [5.41, 5.74) is 4.98. The first kappa shape index (κ1) is 19.5. The first-order valence-electron chi connectivity index (χ1n) is 10.4. The zero-order valence-corrected chi connectivity index (χ0v) is 18.4. The van der Waals surface area contributed by atoms with E-state index >= 15 is 0 Å². The second kappa shape index (κ2) is 6.51. The number of ketones is 2. The third kappa shape index (κ3) is 2.59. The number of ether oxygens (including phenoxy) is 1. The molecule has 2 heterocycles. The number of nitrogens with zero attached hydrogens (tertiary/aromatic N) is 2. The van der Waals surface area contributed by atoms with E-state index in [9.17, 15) is 9.59 Å². The molecule has 1 fully saturated rings. The van der Waals surface area contributed by atoms with Crippen LogP contribution in [-0.4, -0.2) is 40.6 Å².